The fourth-order valence-electron chi connectivity index (χ4n) is 10.8. The summed E-state index contributed by atoms with van der Waals surface area (Å²) in [5.41, 5.74) is -0.00183. The van der Waals surface area contributed by atoms with Crippen molar-refractivity contribution in [2.24, 2.45) is 65.1 Å². The Labute approximate surface area is 300 Å². The summed E-state index contributed by atoms with van der Waals surface area (Å²) in [6, 6.07) is 0.293. The van der Waals surface area contributed by atoms with Gasteiger partial charge in [-0.15, -0.1) is 0 Å². The second-order valence-corrected chi connectivity index (χ2v) is 17.5. The first kappa shape index (κ1) is 43.8. The monoisotopic (exact) mass is 672 g/mol. The Balaban J connectivity index is 2.42. The van der Waals surface area contributed by atoms with Crippen LogP contribution in [0.4, 0.5) is 0 Å². The Morgan fingerprint density at radius 1 is 0.854 bits per heavy atom. The molecule has 1 fully saturated rings. The highest BCUT2D eigenvalue weighted by Gasteiger charge is 2.51. The van der Waals surface area contributed by atoms with Crippen LogP contribution in [-0.2, 0) is 0 Å². The van der Waals surface area contributed by atoms with Crippen molar-refractivity contribution in [2.75, 3.05) is 0 Å². The van der Waals surface area contributed by atoms with E-state index in [1.165, 1.54) is 6.42 Å². The summed E-state index contributed by atoms with van der Waals surface area (Å²) in [6.07, 6.45) is 15.7. The van der Waals surface area contributed by atoms with Crippen LogP contribution < -0.4 is 5.32 Å². The lowest BCUT2D eigenvalue weighted by molar-refractivity contribution is -0.0971. The van der Waals surface area contributed by atoms with E-state index in [2.05, 4.69) is 93.6 Å². The van der Waals surface area contributed by atoms with Crippen molar-refractivity contribution in [1.82, 2.24) is 5.32 Å². The SMILES string of the molecule is [B]C(CC)C(CC)NC(CC)(CC(C)C1C=CC(C)C1)C1CCC(C(C(C)O)C(O)C(CCC)C(C)C(C)CC(O)CCC)C(C)[C@H]1C. The minimum atomic E-state index is -0.569. The van der Waals surface area contributed by atoms with Crippen LogP contribution in [-0.4, -0.2) is 53.1 Å². The lowest BCUT2D eigenvalue weighted by atomic mass is 9.55. The van der Waals surface area contributed by atoms with E-state index >= 15 is 0 Å². The van der Waals surface area contributed by atoms with Gasteiger partial charge in [-0.1, -0.05) is 113 Å². The summed E-state index contributed by atoms with van der Waals surface area (Å²) in [6.45, 7) is 27.4. The zero-order valence-electron chi connectivity index (χ0n) is 33.8. The molecule has 16 unspecified atom stereocenters. The maximum absolute atomic E-state index is 12.3. The molecule has 4 nitrogen and oxygen atoms in total. The van der Waals surface area contributed by atoms with Gasteiger partial charge < -0.3 is 20.6 Å². The lowest BCUT2D eigenvalue weighted by Gasteiger charge is -2.55. The summed E-state index contributed by atoms with van der Waals surface area (Å²) in [5, 5.41) is 38.7. The third-order valence-electron chi connectivity index (χ3n) is 14.3. The number of hydrogen-bond acceptors (Lipinski definition) is 4. The summed E-state index contributed by atoms with van der Waals surface area (Å²) in [5.74, 6) is 4.20. The number of nitrogens with one attached hydrogen (secondary N) is 1. The van der Waals surface area contributed by atoms with Crippen molar-refractivity contribution in [2.45, 2.75) is 196 Å². The van der Waals surface area contributed by atoms with Crippen molar-refractivity contribution in [3.05, 3.63) is 12.2 Å². The summed E-state index contributed by atoms with van der Waals surface area (Å²) < 4.78 is 0. The van der Waals surface area contributed by atoms with Gasteiger partial charge >= 0.3 is 0 Å². The molecule has 0 heterocycles. The van der Waals surface area contributed by atoms with Gasteiger partial charge in [0.05, 0.1) is 26.2 Å². The van der Waals surface area contributed by atoms with Gasteiger partial charge in [0.15, 0.2) is 0 Å². The van der Waals surface area contributed by atoms with Crippen molar-refractivity contribution in [3.63, 3.8) is 0 Å². The molecule has 17 atom stereocenters. The Morgan fingerprint density at radius 3 is 2.00 bits per heavy atom. The highest BCUT2D eigenvalue weighted by Crippen LogP contribution is 2.52. The molecular formula is C43H82BNO3. The Morgan fingerprint density at radius 2 is 1.50 bits per heavy atom. The standard InChI is InChI=1S/C43H82BNO3/c1-13-18-35(47)25-28(7)30(9)37(19-14-2)42(48)41(33(12)46)36-22-23-38(32(11)31(36)10)43(17-5,45-40(16-4)39(44)15-3)26-29(8)34-21-20-27(6)24-34/h20-21,27-42,45-48H,13-19,22-26H2,1-12H3/t27?,28?,29?,30?,31?,32-,33?,34?,35?,36?,37?,38?,39?,40?,41?,42?,43?/m1/s1. The normalized spacial score (nSPS) is 32.4. The van der Waals surface area contributed by atoms with E-state index < -0.39 is 12.2 Å². The van der Waals surface area contributed by atoms with Gasteiger partial charge in [0, 0.05) is 17.5 Å². The number of allylic oxidation sites excluding steroid dienone is 2. The van der Waals surface area contributed by atoms with Crippen LogP contribution in [0.5, 0.6) is 0 Å². The molecule has 0 saturated heterocycles. The van der Waals surface area contributed by atoms with Crippen molar-refractivity contribution in [1.29, 1.82) is 0 Å². The second-order valence-electron chi connectivity index (χ2n) is 17.5. The Hall–Kier alpha value is -0.355. The van der Waals surface area contributed by atoms with E-state index in [1.54, 1.807) is 0 Å². The molecule has 0 bridgehead atoms. The van der Waals surface area contributed by atoms with E-state index in [-0.39, 0.29) is 41.1 Å². The maximum atomic E-state index is 12.3. The molecule has 2 aliphatic carbocycles. The molecule has 280 valence electrons. The van der Waals surface area contributed by atoms with E-state index in [0.717, 1.165) is 70.6 Å². The van der Waals surface area contributed by atoms with E-state index in [0.29, 0.717) is 47.5 Å². The first-order valence-electron chi connectivity index (χ1n) is 20.9. The molecule has 4 N–H and O–H groups in total. The molecule has 0 spiro atoms. The van der Waals surface area contributed by atoms with Gasteiger partial charge in [0.1, 0.15) is 0 Å². The predicted molar refractivity (Wildman–Crippen MR) is 208 cm³/mol. The van der Waals surface area contributed by atoms with Gasteiger partial charge in [-0.2, -0.15) is 0 Å². The fraction of sp³-hybridized carbons (Fsp3) is 0.953. The fourth-order valence-corrected chi connectivity index (χ4v) is 10.8. The molecule has 48 heavy (non-hydrogen) atoms. The molecule has 2 radical (unpaired) electrons. The summed E-state index contributed by atoms with van der Waals surface area (Å²) in [4.78, 5) is 0. The third kappa shape index (κ3) is 11.1. The highest BCUT2D eigenvalue weighted by molar-refractivity contribution is 6.12. The van der Waals surface area contributed by atoms with Crippen LogP contribution in [0.2, 0.25) is 5.82 Å². The number of aliphatic hydroxyl groups excluding tert-OH is 3. The smallest absolute Gasteiger partial charge is 0.0720 e. The molecular weight excluding hydrogens is 589 g/mol. The average Bonchev–Trinajstić information content (AvgIpc) is 3.49. The van der Waals surface area contributed by atoms with Crippen LogP contribution in [0.15, 0.2) is 12.2 Å². The third-order valence-corrected chi connectivity index (χ3v) is 14.3. The second kappa shape index (κ2) is 20.6. The van der Waals surface area contributed by atoms with Crippen molar-refractivity contribution >= 4 is 7.85 Å². The number of rotatable bonds is 22. The lowest BCUT2D eigenvalue weighted by Crippen LogP contribution is -2.60. The first-order chi connectivity index (χ1) is 22.6. The van der Waals surface area contributed by atoms with Crippen LogP contribution in [0, 0.1) is 65.1 Å². The van der Waals surface area contributed by atoms with Gasteiger partial charge in [-0.25, -0.2) is 0 Å². The van der Waals surface area contributed by atoms with Gasteiger partial charge in [-0.05, 0) is 124 Å². The molecule has 5 heteroatoms. The van der Waals surface area contributed by atoms with Crippen molar-refractivity contribution < 1.29 is 15.3 Å². The Bertz CT molecular complexity index is 912. The van der Waals surface area contributed by atoms with E-state index in [4.69, 9.17) is 7.85 Å². The highest BCUT2D eigenvalue weighted by atomic mass is 16.3. The van der Waals surface area contributed by atoms with Gasteiger partial charge in [0.2, 0.25) is 0 Å². The molecule has 0 amide bonds. The number of aliphatic hydroxyl groups is 3. The van der Waals surface area contributed by atoms with Crippen LogP contribution in [0.1, 0.15) is 160 Å². The first-order valence-corrected chi connectivity index (χ1v) is 20.9. The molecule has 1 saturated carbocycles. The zero-order valence-corrected chi connectivity index (χ0v) is 33.8. The molecule has 0 aromatic carbocycles. The summed E-state index contributed by atoms with van der Waals surface area (Å²) in [7, 11) is 6.78. The predicted octanol–water partition coefficient (Wildman–Crippen LogP) is 10.0. The van der Waals surface area contributed by atoms with E-state index in [9.17, 15) is 15.3 Å². The van der Waals surface area contributed by atoms with Crippen molar-refractivity contribution in [3.8, 4) is 0 Å². The largest absolute Gasteiger partial charge is 0.393 e. The molecule has 0 aromatic heterocycles. The molecule has 2 rings (SSSR count). The quantitative estimate of drug-likeness (QED) is 0.0683. The van der Waals surface area contributed by atoms with Crippen LogP contribution >= 0.6 is 0 Å². The topological polar surface area (TPSA) is 72.7 Å². The molecule has 0 aliphatic heterocycles. The van der Waals surface area contributed by atoms with Crippen LogP contribution in [0.3, 0.4) is 0 Å². The maximum Gasteiger partial charge on any atom is 0.0720 e. The average molecular weight is 672 g/mol. The van der Waals surface area contributed by atoms with Gasteiger partial charge in [-0.3, -0.25) is 0 Å². The molecule has 0 aromatic rings. The number of hydrogen-bond donors (Lipinski definition) is 4. The summed E-state index contributed by atoms with van der Waals surface area (Å²) >= 11 is 0. The minimum Gasteiger partial charge on any atom is -0.393 e. The Kier molecular flexibility index (Phi) is 18.8. The van der Waals surface area contributed by atoms with E-state index in [1.807, 2.05) is 6.92 Å². The molecule has 2 aliphatic rings. The minimum absolute atomic E-state index is 0.00183. The zero-order chi connectivity index (χ0) is 36.3. The van der Waals surface area contributed by atoms with Gasteiger partial charge in [0.25, 0.3) is 0 Å². The van der Waals surface area contributed by atoms with Crippen LogP contribution in [0.25, 0.3) is 0 Å².